The fraction of sp³-hybridized carbons (Fsp3) is 0.409. The number of H-pyrrole nitrogens is 1. The van der Waals surface area contributed by atoms with Crippen LogP contribution in [0.15, 0.2) is 36.4 Å². The van der Waals surface area contributed by atoms with Crippen LogP contribution in [0.3, 0.4) is 0 Å². The molecule has 0 aliphatic heterocycles. The number of tetrazole rings is 1. The van der Waals surface area contributed by atoms with Gasteiger partial charge in [-0.25, -0.2) is 9.67 Å². The molecule has 0 unspecified atom stereocenters. The molecule has 0 aliphatic rings. The lowest BCUT2D eigenvalue weighted by atomic mass is 10.2. The van der Waals surface area contributed by atoms with E-state index < -0.39 is 0 Å². The van der Waals surface area contributed by atoms with Crippen LogP contribution < -0.4 is 0 Å². The molecule has 3 heterocycles. The minimum Gasteiger partial charge on any atom is -0.297 e. The lowest BCUT2D eigenvalue weighted by molar-refractivity contribution is 0.612. The summed E-state index contributed by atoms with van der Waals surface area (Å²) in [6, 6.07) is 12.0. The third-order valence-electron chi connectivity index (χ3n) is 5.23. The number of halogens is 1. The van der Waals surface area contributed by atoms with E-state index in [9.17, 15) is 0 Å². The van der Waals surface area contributed by atoms with Gasteiger partial charge in [-0.05, 0) is 47.9 Å². The fourth-order valence-electron chi connectivity index (χ4n) is 3.56. The fourth-order valence-corrected chi connectivity index (χ4v) is 3.81. The molecular weight excluding hydrogens is 412 g/mol. The number of hydrogen-bond donors (Lipinski definition) is 1. The highest BCUT2D eigenvalue weighted by atomic mass is 35.5. The van der Waals surface area contributed by atoms with Crippen molar-refractivity contribution in [1.29, 1.82) is 0 Å². The first-order valence-corrected chi connectivity index (χ1v) is 11.2. The molecule has 0 bridgehead atoms. The summed E-state index contributed by atoms with van der Waals surface area (Å²) in [6.45, 7) is 5.10. The number of aromatic amines is 1. The van der Waals surface area contributed by atoms with Gasteiger partial charge in [0.2, 0.25) is 5.82 Å². The van der Waals surface area contributed by atoms with Gasteiger partial charge in [-0.2, -0.15) is 10.3 Å². The number of aryl methyl sites for hydroxylation is 2. The zero-order valence-electron chi connectivity index (χ0n) is 17.9. The first-order chi connectivity index (χ1) is 15.2. The Kier molecular flexibility index (Phi) is 6.76. The van der Waals surface area contributed by atoms with E-state index in [-0.39, 0.29) is 0 Å². The third kappa shape index (κ3) is 4.85. The van der Waals surface area contributed by atoms with E-state index in [1.54, 1.807) is 0 Å². The van der Waals surface area contributed by atoms with Gasteiger partial charge in [-0.3, -0.25) is 4.57 Å². The van der Waals surface area contributed by atoms with E-state index in [1.165, 1.54) is 0 Å². The largest absolute Gasteiger partial charge is 0.297 e. The molecule has 0 spiro atoms. The average Bonchev–Trinajstić information content (AvgIpc) is 3.52. The highest BCUT2D eigenvalue weighted by Crippen LogP contribution is 2.27. The summed E-state index contributed by atoms with van der Waals surface area (Å²) in [6.07, 6.45) is 6.43. The Hall–Kier alpha value is -3.00. The molecule has 162 valence electrons. The van der Waals surface area contributed by atoms with Crippen molar-refractivity contribution >= 4 is 11.6 Å². The Morgan fingerprint density at radius 1 is 0.968 bits per heavy atom. The highest BCUT2D eigenvalue weighted by molar-refractivity contribution is 6.30. The van der Waals surface area contributed by atoms with Gasteiger partial charge in [0, 0.05) is 18.5 Å². The Morgan fingerprint density at radius 3 is 2.45 bits per heavy atom. The molecule has 1 aromatic carbocycles. The van der Waals surface area contributed by atoms with Crippen LogP contribution in [-0.2, 0) is 19.4 Å². The molecule has 0 atom stereocenters. The van der Waals surface area contributed by atoms with Gasteiger partial charge in [0.15, 0.2) is 5.82 Å². The number of benzene rings is 1. The molecule has 9 heteroatoms. The van der Waals surface area contributed by atoms with Crippen molar-refractivity contribution in [2.45, 2.75) is 58.9 Å². The monoisotopic (exact) mass is 438 g/mol. The van der Waals surface area contributed by atoms with Crippen molar-refractivity contribution < 1.29 is 0 Å². The second-order valence-corrected chi connectivity index (χ2v) is 7.97. The molecule has 0 saturated carbocycles. The van der Waals surface area contributed by atoms with Gasteiger partial charge in [0.25, 0.3) is 0 Å². The normalized spacial score (nSPS) is 11.3. The highest BCUT2D eigenvalue weighted by Gasteiger charge is 2.15. The van der Waals surface area contributed by atoms with Crippen molar-refractivity contribution in [3.63, 3.8) is 0 Å². The second kappa shape index (κ2) is 9.87. The van der Waals surface area contributed by atoms with Crippen LogP contribution in [0.25, 0.3) is 17.2 Å². The van der Waals surface area contributed by atoms with E-state index in [1.807, 2.05) is 28.8 Å². The van der Waals surface area contributed by atoms with Gasteiger partial charge < -0.3 is 0 Å². The summed E-state index contributed by atoms with van der Waals surface area (Å²) in [4.78, 5) is 4.80. The SMILES string of the molecule is CCCCc1nc(CCCC)n(Cc2ccc(-n3c(Cl)ccc3-c3nn[nH]n3)cc2)n1. The van der Waals surface area contributed by atoms with Gasteiger partial charge in [0.1, 0.15) is 11.0 Å². The van der Waals surface area contributed by atoms with E-state index in [4.69, 9.17) is 21.7 Å². The molecule has 1 N–H and O–H groups in total. The van der Waals surface area contributed by atoms with E-state index >= 15 is 0 Å². The van der Waals surface area contributed by atoms with Crippen LogP contribution in [0.1, 0.15) is 56.7 Å². The summed E-state index contributed by atoms with van der Waals surface area (Å²) < 4.78 is 3.96. The van der Waals surface area contributed by atoms with Crippen molar-refractivity contribution in [3.8, 4) is 17.2 Å². The molecule has 31 heavy (non-hydrogen) atoms. The Labute approximate surface area is 186 Å². The van der Waals surface area contributed by atoms with E-state index in [0.29, 0.717) is 17.5 Å². The van der Waals surface area contributed by atoms with Crippen molar-refractivity contribution in [2.75, 3.05) is 0 Å². The van der Waals surface area contributed by atoms with E-state index in [0.717, 1.165) is 67.1 Å². The van der Waals surface area contributed by atoms with Gasteiger partial charge in [-0.1, -0.05) is 50.4 Å². The third-order valence-corrected chi connectivity index (χ3v) is 5.53. The molecule has 0 aliphatic carbocycles. The zero-order valence-corrected chi connectivity index (χ0v) is 18.7. The molecular formula is C22H27ClN8. The molecule has 0 fully saturated rings. The van der Waals surface area contributed by atoms with Gasteiger partial charge in [-0.15, -0.1) is 10.2 Å². The van der Waals surface area contributed by atoms with Crippen LogP contribution >= 0.6 is 11.6 Å². The Morgan fingerprint density at radius 2 is 1.74 bits per heavy atom. The number of rotatable bonds is 10. The molecule has 0 saturated heterocycles. The molecule has 0 radical (unpaired) electrons. The molecule has 4 aromatic rings. The summed E-state index contributed by atoms with van der Waals surface area (Å²) in [7, 11) is 0. The smallest absolute Gasteiger partial charge is 0.221 e. The lowest BCUT2D eigenvalue weighted by Crippen LogP contribution is -2.07. The van der Waals surface area contributed by atoms with Gasteiger partial charge >= 0.3 is 0 Å². The summed E-state index contributed by atoms with van der Waals surface area (Å²) in [5.74, 6) is 2.53. The molecule has 3 aromatic heterocycles. The summed E-state index contributed by atoms with van der Waals surface area (Å²) in [5.41, 5.74) is 2.88. The Bertz CT molecular complexity index is 1100. The minimum absolute atomic E-state index is 0.499. The average molecular weight is 439 g/mol. The number of nitrogens with one attached hydrogen (secondary N) is 1. The predicted octanol–water partition coefficient (Wildman–Crippen LogP) is 4.64. The van der Waals surface area contributed by atoms with Crippen LogP contribution in [0.5, 0.6) is 0 Å². The predicted molar refractivity (Wildman–Crippen MR) is 120 cm³/mol. The molecule has 8 nitrogen and oxygen atoms in total. The Balaban J connectivity index is 1.56. The second-order valence-electron chi connectivity index (χ2n) is 7.59. The van der Waals surface area contributed by atoms with Gasteiger partial charge in [0.05, 0.1) is 12.2 Å². The quantitative estimate of drug-likeness (QED) is 0.389. The summed E-state index contributed by atoms with van der Waals surface area (Å²) >= 11 is 6.43. The standard InChI is InChI=1S/C22H27ClN8/c1-3-5-7-20-24-21(8-6-4-2)30(27-20)15-16-9-11-17(12-10-16)31-18(13-14-19(31)23)22-25-28-29-26-22/h9-14H,3-8,15H2,1-2H3,(H,25,26,28,29). The number of hydrogen-bond acceptors (Lipinski definition) is 5. The van der Waals surface area contributed by atoms with Crippen LogP contribution in [0.4, 0.5) is 0 Å². The summed E-state index contributed by atoms with van der Waals surface area (Å²) in [5, 5.41) is 19.6. The van der Waals surface area contributed by atoms with Crippen molar-refractivity contribution in [3.05, 3.63) is 58.8 Å². The van der Waals surface area contributed by atoms with Crippen LogP contribution in [-0.4, -0.2) is 40.0 Å². The number of unbranched alkanes of at least 4 members (excludes halogenated alkanes) is 2. The topological polar surface area (TPSA) is 90.1 Å². The van der Waals surface area contributed by atoms with Crippen molar-refractivity contribution in [2.24, 2.45) is 0 Å². The maximum atomic E-state index is 6.43. The van der Waals surface area contributed by atoms with Crippen molar-refractivity contribution in [1.82, 2.24) is 40.0 Å². The minimum atomic E-state index is 0.499. The maximum absolute atomic E-state index is 6.43. The number of nitrogens with zero attached hydrogens (tertiary/aromatic N) is 7. The van der Waals surface area contributed by atoms with E-state index in [2.05, 4.69) is 51.3 Å². The molecule has 4 rings (SSSR count). The zero-order chi connectivity index (χ0) is 21.6. The van der Waals surface area contributed by atoms with Crippen LogP contribution in [0.2, 0.25) is 5.15 Å². The number of aromatic nitrogens is 8. The first-order valence-electron chi connectivity index (χ1n) is 10.8. The lowest BCUT2D eigenvalue weighted by Gasteiger charge is -2.10. The van der Waals surface area contributed by atoms with Crippen LogP contribution in [0, 0.1) is 0 Å². The first kappa shape index (κ1) is 21.2. The molecule has 0 amide bonds. The maximum Gasteiger partial charge on any atom is 0.221 e.